The number of likely N-dealkylation sites (tertiary alicyclic amines) is 1. The lowest BCUT2D eigenvalue weighted by molar-refractivity contribution is -0.154. The number of ketones is 1. The molecule has 0 aromatic heterocycles. The third-order valence-corrected chi connectivity index (χ3v) is 12.8. The van der Waals surface area contributed by atoms with E-state index in [1.165, 1.54) is 28.4 Å². The topological polar surface area (TPSA) is 126 Å². The highest BCUT2D eigenvalue weighted by Crippen LogP contribution is 2.71. The van der Waals surface area contributed by atoms with Gasteiger partial charge in [0.1, 0.15) is 11.3 Å². The summed E-state index contributed by atoms with van der Waals surface area (Å²) >= 11 is 13.8. The van der Waals surface area contributed by atoms with Crippen LogP contribution in [-0.2, 0) is 20.0 Å². The molecule has 4 aromatic rings. The summed E-state index contributed by atoms with van der Waals surface area (Å²) in [6.07, 6.45) is 0.410. The van der Waals surface area contributed by atoms with Gasteiger partial charge in [-0.05, 0) is 73.5 Å². The van der Waals surface area contributed by atoms with Crippen LogP contribution in [0.25, 0.3) is 0 Å². The number of halogens is 2. The third-order valence-electron chi connectivity index (χ3n) is 12.2. The highest BCUT2D eigenvalue weighted by atomic mass is 35.5. The highest BCUT2D eigenvalue weighted by molar-refractivity contribution is 6.41. The van der Waals surface area contributed by atoms with E-state index >= 15 is 4.79 Å². The number of methoxy groups -OCH3 is 6. The lowest BCUT2D eigenvalue weighted by Crippen LogP contribution is -2.60. The number of rotatable bonds is 9. The molecule has 5 atom stereocenters. The number of hydrogen-bond donors (Lipinski definition) is 1. The molecule has 8 rings (SSSR count). The zero-order valence-corrected chi connectivity index (χ0v) is 33.5. The number of nitrogens with zero attached hydrogens (tertiary/aromatic N) is 2. The molecule has 1 saturated carbocycles. The molecule has 292 valence electrons. The van der Waals surface area contributed by atoms with Gasteiger partial charge in [-0.15, -0.1) is 0 Å². The number of carbonyl (C=O) groups is 2. The summed E-state index contributed by atoms with van der Waals surface area (Å²) in [7, 11) is 11.1. The molecule has 0 radical (unpaired) electrons. The molecule has 4 aromatic carbocycles. The van der Waals surface area contributed by atoms with Crippen molar-refractivity contribution >= 4 is 46.3 Å². The van der Waals surface area contributed by atoms with Crippen LogP contribution in [0.4, 0.5) is 5.69 Å². The van der Waals surface area contributed by atoms with Crippen LogP contribution in [0.15, 0.2) is 71.9 Å². The Kier molecular flexibility index (Phi) is 9.29. The zero-order valence-electron chi connectivity index (χ0n) is 32.0. The molecular formula is C42H41Cl2N3O9. The van der Waals surface area contributed by atoms with E-state index in [1.54, 1.807) is 44.6 Å². The van der Waals surface area contributed by atoms with Gasteiger partial charge in [-0.25, -0.2) is 0 Å². The van der Waals surface area contributed by atoms with Crippen LogP contribution >= 0.6 is 23.2 Å². The monoisotopic (exact) mass is 801 g/mol. The number of carbonyl (C=O) groups excluding carboxylic acids is 2. The predicted molar refractivity (Wildman–Crippen MR) is 211 cm³/mol. The minimum Gasteiger partial charge on any atom is -0.493 e. The number of benzene rings is 4. The van der Waals surface area contributed by atoms with Crippen molar-refractivity contribution in [3.8, 4) is 34.5 Å². The number of anilines is 1. The lowest BCUT2D eigenvalue weighted by atomic mass is 9.58. The fraction of sp³-hybridized carbons (Fsp3) is 0.357. The third kappa shape index (κ3) is 4.85. The highest BCUT2D eigenvalue weighted by Gasteiger charge is 2.80. The Bertz CT molecular complexity index is 2250. The van der Waals surface area contributed by atoms with E-state index in [0.29, 0.717) is 79.2 Å². The van der Waals surface area contributed by atoms with E-state index in [0.717, 1.165) is 5.56 Å². The van der Waals surface area contributed by atoms with Gasteiger partial charge in [0.25, 0.3) is 5.91 Å². The van der Waals surface area contributed by atoms with Crippen molar-refractivity contribution in [1.82, 2.24) is 4.90 Å². The van der Waals surface area contributed by atoms with Crippen molar-refractivity contribution in [1.29, 1.82) is 0 Å². The summed E-state index contributed by atoms with van der Waals surface area (Å²) in [6.45, 7) is 0.321. The van der Waals surface area contributed by atoms with Gasteiger partial charge >= 0.3 is 0 Å². The average molecular weight is 803 g/mol. The maximum atomic E-state index is 16.5. The molecule has 2 fully saturated rings. The second-order valence-corrected chi connectivity index (χ2v) is 15.2. The number of Topliss-reactive ketones (excluding diaryl/α,β-unsaturated/α-hetero) is 1. The van der Waals surface area contributed by atoms with Gasteiger partial charge in [-0.2, -0.15) is 0 Å². The molecule has 4 aliphatic rings. The number of likely N-dealkylation sites (N-methyl/N-ethyl adjacent to an activating group) is 1. The Labute approximate surface area is 334 Å². The Morgan fingerprint density at radius 2 is 1.30 bits per heavy atom. The fourth-order valence-electron chi connectivity index (χ4n) is 10.0. The van der Waals surface area contributed by atoms with E-state index in [4.69, 9.17) is 61.6 Å². The van der Waals surface area contributed by atoms with Gasteiger partial charge in [0, 0.05) is 29.3 Å². The molecule has 3 aliphatic heterocycles. The number of ether oxygens (including phenoxy) is 6. The van der Waals surface area contributed by atoms with Crippen molar-refractivity contribution in [2.75, 3.05) is 61.6 Å². The number of hydrogen-bond acceptors (Lipinski definition) is 11. The summed E-state index contributed by atoms with van der Waals surface area (Å²) in [5.41, 5.74) is -1.13. The van der Waals surface area contributed by atoms with Crippen LogP contribution in [0.3, 0.4) is 0 Å². The van der Waals surface area contributed by atoms with Crippen LogP contribution in [0.5, 0.6) is 34.5 Å². The van der Waals surface area contributed by atoms with Crippen LogP contribution < -0.4 is 33.7 Å². The summed E-state index contributed by atoms with van der Waals surface area (Å²) in [5, 5.41) is 8.47. The van der Waals surface area contributed by atoms with E-state index in [9.17, 15) is 4.79 Å². The molecule has 1 aliphatic carbocycles. The number of amides is 1. The zero-order chi connectivity index (χ0) is 39.7. The van der Waals surface area contributed by atoms with E-state index in [2.05, 4.69) is 5.32 Å². The maximum absolute atomic E-state index is 16.5. The van der Waals surface area contributed by atoms with E-state index in [-0.39, 0.29) is 24.5 Å². The minimum absolute atomic E-state index is 0.175. The van der Waals surface area contributed by atoms with Crippen molar-refractivity contribution in [2.45, 2.75) is 35.8 Å². The molecule has 1 amide bonds. The first-order valence-electron chi connectivity index (χ1n) is 18.0. The first-order chi connectivity index (χ1) is 27.0. The van der Waals surface area contributed by atoms with E-state index < -0.39 is 28.4 Å². The lowest BCUT2D eigenvalue weighted by Gasteiger charge is -2.44. The molecule has 0 bridgehead atoms. The molecule has 3 heterocycles. The van der Waals surface area contributed by atoms with Crippen molar-refractivity contribution in [3.05, 3.63) is 99.0 Å². The van der Waals surface area contributed by atoms with Crippen LogP contribution in [0, 0.1) is 5.41 Å². The molecule has 1 N–H and O–H groups in total. The van der Waals surface area contributed by atoms with Crippen molar-refractivity contribution < 1.29 is 42.8 Å². The van der Waals surface area contributed by atoms with Gasteiger partial charge < -0.3 is 38.6 Å². The predicted octanol–water partition coefficient (Wildman–Crippen LogP) is 7.23. The first kappa shape index (κ1) is 37.7. The summed E-state index contributed by atoms with van der Waals surface area (Å²) < 4.78 is 34.6. The normalized spacial score (nSPS) is 26.3. The summed E-state index contributed by atoms with van der Waals surface area (Å²) in [6, 6.07) is 20.0. The van der Waals surface area contributed by atoms with Crippen molar-refractivity contribution in [3.63, 3.8) is 0 Å². The summed E-state index contributed by atoms with van der Waals surface area (Å²) in [4.78, 5) is 40.1. The molecule has 1 saturated heterocycles. The largest absolute Gasteiger partial charge is 0.493 e. The van der Waals surface area contributed by atoms with Crippen LogP contribution in [-0.4, -0.2) is 84.2 Å². The second-order valence-electron chi connectivity index (χ2n) is 14.3. The number of fused-ring (bicyclic) bond motifs is 3. The average Bonchev–Trinajstić information content (AvgIpc) is 3.91. The first-order valence-corrected chi connectivity index (χ1v) is 18.8. The Morgan fingerprint density at radius 3 is 1.86 bits per heavy atom. The standard InChI is InChI=1S/C42H41Cl2N3O9/c1-47-21-25(22-17-29(50-2)36(54-6)30(18-22)51-3)40(42(47)24-11-8-9-14-28(24)45-39(42)49)15-16-41(38(40)48)34(23-19-31(52-4)37(55-7)32(20-23)53-5)35(46-56-41)33-26(43)12-10-13-27(33)44/h8-14,17-20,25,34H,15-16,21H2,1-7H3,(H,45,49)/t25?,34?,40-,41-,42?/m1/s1. The van der Waals surface area contributed by atoms with Gasteiger partial charge in [-0.1, -0.05) is 52.6 Å². The Morgan fingerprint density at radius 1 is 0.750 bits per heavy atom. The minimum atomic E-state index is -1.66. The van der Waals surface area contributed by atoms with E-state index in [1.807, 2.05) is 48.3 Å². The fourth-order valence-corrected chi connectivity index (χ4v) is 10.6. The van der Waals surface area contributed by atoms with Crippen LogP contribution in [0.1, 0.15) is 46.9 Å². The maximum Gasteiger partial charge on any atom is 0.250 e. The van der Waals surface area contributed by atoms with Gasteiger partial charge in [0.05, 0.1) is 64.0 Å². The number of oxime groups is 1. The van der Waals surface area contributed by atoms with Crippen LogP contribution in [0.2, 0.25) is 10.0 Å². The van der Waals surface area contributed by atoms with Crippen molar-refractivity contribution in [2.24, 2.45) is 10.6 Å². The molecular weight excluding hydrogens is 761 g/mol. The smallest absolute Gasteiger partial charge is 0.250 e. The summed E-state index contributed by atoms with van der Waals surface area (Å²) in [5.74, 6) is 0.254. The number of para-hydroxylation sites is 1. The molecule has 3 spiro atoms. The molecule has 14 heteroatoms. The van der Waals surface area contributed by atoms with Gasteiger partial charge in [-0.3, -0.25) is 14.5 Å². The quantitative estimate of drug-likeness (QED) is 0.185. The number of nitrogens with one attached hydrogen (secondary N) is 1. The Balaban J connectivity index is 1.41. The second kappa shape index (κ2) is 13.8. The Hall–Kier alpha value is -5.17. The SMILES string of the molecule is COc1cc(C2C(c3c(Cl)cccc3Cl)=NO[C@]23CC[C@]2(C3=O)C(c3cc(OC)c(OC)c(OC)c3)CN(C)C23C(=O)Nc2ccccc23)cc(OC)c1OC. The van der Waals surface area contributed by atoms with Gasteiger partial charge in [0.15, 0.2) is 28.8 Å². The van der Waals surface area contributed by atoms with Gasteiger partial charge in [0.2, 0.25) is 17.1 Å². The molecule has 3 unspecified atom stereocenters. The molecule has 56 heavy (non-hydrogen) atoms. The molecule has 12 nitrogen and oxygen atoms in total.